The van der Waals surface area contributed by atoms with E-state index in [0.717, 1.165) is 24.4 Å². The number of nitrogens with zero attached hydrogens (tertiary/aromatic N) is 2. The minimum absolute atomic E-state index is 0.338. The van der Waals surface area contributed by atoms with Crippen molar-refractivity contribution in [2.45, 2.75) is 31.7 Å². The van der Waals surface area contributed by atoms with E-state index in [4.69, 9.17) is 10.00 Å². The van der Waals surface area contributed by atoms with E-state index in [9.17, 15) is 0 Å². The smallest absolute Gasteiger partial charge is 0.142 e. The van der Waals surface area contributed by atoms with Crippen molar-refractivity contribution in [2.24, 2.45) is 0 Å². The molecule has 1 unspecified atom stereocenters. The van der Waals surface area contributed by atoms with Gasteiger partial charge in [-0.15, -0.1) is 0 Å². The van der Waals surface area contributed by atoms with Crippen LogP contribution in [0.4, 0.5) is 5.69 Å². The van der Waals surface area contributed by atoms with Crippen LogP contribution in [0.1, 0.15) is 25.7 Å². The molecule has 0 N–H and O–H groups in total. The second-order valence-electron chi connectivity index (χ2n) is 4.38. The Kier molecular flexibility index (Phi) is 3.87. The number of anilines is 1. The van der Waals surface area contributed by atoms with Crippen molar-refractivity contribution in [1.29, 1.82) is 5.26 Å². The summed E-state index contributed by atoms with van der Waals surface area (Å²) >= 11 is 0. The second kappa shape index (κ2) is 5.58. The molecule has 0 aromatic heterocycles. The molecule has 1 heterocycles. The van der Waals surface area contributed by atoms with E-state index >= 15 is 0 Å². The number of ether oxygens (including phenoxy) is 1. The van der Waals surface area contributed by atoms with Gasteiger partial charge in [0.05, 0.1) is 25.3 Å². The van der Waals surface area contributed by atoms with E-state index in [1.165, 1.54) is 12.8 Å². The van der Waals surface area contributed by atoms with Gasteiger partial charge in [0.2, 0.25) is 0 Å². The fraction of sp³-hybridized carbons (Fsp3) is 0.500. The van der Waals surface area contributed by atoms with Crippen molar-refractivity contribution in [3.8, 4) is 11.8 Å². The number of piperidine rings is 1. The average Bonchev–Trinajstić information content (AvgIpc) is 2.40. The average molecular weight is 230 g/mol. The van der Waals surface area contributed by atoms with Crippen LogP contribution in [0, 0.1) is 11.3 Å². The summed E-state index contributed by atoms with van der Waals surface area (Å²) < 4.78 is 5.40. The van der Waals surface area contributed by atoms with Gasteiger partial charge in [0.25, 0.3) is 0 Å². The van der Waals surface area contributed by atoms with Gasteiger partial charge >= 0.3 is 0 Å². The van der Waals surface area contributed by atoms with Gasteiger partial charge < -0.3 is 9.64 Å². The Morgan fingerprint density at radius 1 is 1.41 bits per heavy atom. The molecule has 1 aliphatic heterocycles. The van der Waals surface area contributed by atoms with Gasteiger partial charge in [0.15, 0.2) is 0 Å². The molecule has 1 aromatic rings. The van der Waals surface area contributed by atoms with Crippen molar-refractivity contribution < 1.29 is 4.74 Å². The van der Waals surface area contributed by atoms with Crippen LogP contribution in [0.15, 0.2) is 24.3 Å². The highest BCUT2D eigenvalue weighted by atomic mass is 16.5. The molecule has 0 saturated carbocycles. The Morgan fingerprint density at radius 2 is 2.24 bits per heavy atom. The number of hydrogen-bond acceptors (Lipinski definition) is 3. The van der Waals surface area contributed by atoms with Crippen LogP contribution in [-0.2, 0) is 0 Å². The van der Waals surface area contributed by atoms with Gasteiger partial charge in [0, 0.05) is 12.6 Å². The van der Waals surface area contributed by atoms with Crippen molar-refractivity contribution in [2.75, 3.05) is 18.6 Å². The lowest BCUT2D eigenvalue weighted by atomic mass is 9.99. The van der Waals surface area contributed by atoms with Gasteiger partial charge in [-0.2, -0.15) is 5.26 Å². The monoisotopic (exact) mass is 230 g/mol. The molecule has 1 aliphatic rings. The molecule has 17 heavy (non-hydrogen) atoms. The van der Waals surface area contributed by atoms with Crippen LogP contribution in [0.2, 0.25) is 0 Å². The first-order valence-electron chi connectivity index (χ1n) is 6.13. The Balaban J connectivity index is 2.26. The summed E-state index contributed by atoms with van der Waals surface area (Å²) in [7, 11) is 1.70. The third-order valence-electron chi connectivity index (χ3n) is 3.35. The van der Waals surface area contributed by atoms with Gasteiger partial charge in [-0.25, -0.2) is 0 Å². The molecule has 2 rings (SSSR count). The molecule has 1 saturated heterocycles. The van der Waals surface area contributed by atoms with Crippen LogP contribution < -0.4 is 9.64 Å². The van der Waals surface area contributed by atoms with Crippen molar-refractivity contribution in [3.05, 3.63) is 24.3 Å². The molecular weight excluding hydrogens is 212 g/mol. The molecule has 3 nitrogen and oxygen atoms in total. The molecule has 0 amide bonds. The Bertz CT molecular complexity index is 411. The van der Waals surface area contributed by atoms with E-state index in [2.05, 4.69) is 17.0 Å². The fourth-order valence-corrected chi connectivity index (χ4v) is 2.50. The normalized spacial score (nSPS) is 19.8. The summed E-state index contributed by atoms with van der Waals surface area (Å²) in [5, 5.41) is 8.90. The maximum atomic E-state index is 8.90. The van der Waals surface area contributed by atoms with E-state index in [0.29, 0.717) is 12.5 Å². The van der Waals surface area contributed by atoms with E-state index < -0.39 is 0 Å². The highest BCUT2D eigenvalue weighted by Crippen LogP contribution is 2.33. The van der Waals surface area contributed by atoms with Crippen LogP contribution in [0.25, 0.3) is 0 Å². The zero-order chi connectivity index (χ0) is 12.1. The predicted octanol–water partition coefficient (Wildman–Crippen LogP) is 2.97. The predicted molar refractivity (Wildman–Crippen MR) is 68.2 cm³/mol. The summed E-state index contributed by atoms with van der Waals surface area (Å²) in [5.41, 5.74) is 1.12. The van der Waals surface area contributed by atoms with E-state index in [-0.39, 0.29) is 0 Å². The van der Waals surface area contributed by atoms with Gasteiger partial charge in [-0.1, -0.05) is 12.1 Å². The molecule has 3 heteroatoms. The SMILES string of the molecule is COc1ccccc1N1CCCCC1CC#N. The van der Waals surface area contributed by atoms with Crippen LogP contribution in [0.3, 0.4) is 0 Å². The molecule has 0 radical (unpaired) electrons. The zero-order valence-electron chi connectivity index (χ0n) is 10.2. The Labute approximate surface area is 103 Å². The highest BCUT2D eigenvalue weighted by molar-refractivity contribution is 5.59. The second-order valence-corrected chi connectivity index (χ2v) is 4.38. The summed E-state index contributed by atoms with van der Waals surface area (Å²) in [6, 6.07) is 10.7. The first kappa shape index (κ1) is 11.8. The molecule has 0 aliphatic carbocycles. The molecule has 1 fully saturated rings. The van der Waals surface area contributed by atoms with Gasteiger partial charge in [0.1, 0.15) is 5.75 Å². The lowest BCUT2D eigenvalue weighted by Gasteiger charge is -2.37. The number of nitriles is 1. The quantitative estimate of drug-likeness (QED) is 0.801. The summed E-state index contributed by atoms with van der Waals surface area (Å²) in [5.74, 6) is 0.900. The minimum atomic E-state index is 0.338. The van der Waals surface area contributed by atoms with Crippen molar-refractivity contribution >= 4 is 5.69 Å². The molecular formula is C14H18N2O. The lowest BCUT2D eigenvalue weighted by Crippen LogP contribution is -2.39. The van der Waals surface area contributed by atoms with Crippen LogP contribution >= 0.6 is 0 Å². The van der Waals surface area contributed by atoms with Gasteiger partial charge in [-0.05, 0) is 31.4 Å². The number of para-hydroxylation sites is 2. The lowest BCUT2D eigenvalue weighted by molar-refractivity contribution is 0.405. The molecule has 0 bridgehead atoms. The van der Waals surface area contributed by atoms with Gasteiger partial charge in [-0.3, -0.25) is 0 Å². The maximum Gasteiger partial charge on any atom is 0.142 e. The Hall–Kier alpha value is -1.69. The number of methoxy groups -OCH3 is 1. The highest BCUT2D eigenvalue weighted by Gasteiger charge is 2.24. The number of benzene rings is 1. The third-order valence-corrected chi connectivity index (χ3v) is 3.35. The van der Waals surface area contributed by atoms with E-state index in [1.807, 2.05) is 18.2 Å². The first-order valence-corrected chi connectivity index (χ1v) is 6.13. The zero-order valence-corrected chi connectivity index (χ0v) is 10.2. The topological polar surface area (TPSA) is 36.3 Å². The molecule has 1 aromatic carbocycles. The van der Waals surface area contributed by atoms with Crippen molar-refractivity contribution in [3.63, 3.8) is 0 Å². The first-order chi connectivity index (χ1) is 8.36. The third kappa shape index (κ3) is 2.52. The molecule has 1 atom stereocenters. The molecule has 0 spiro atoms. The largest absolute Gasteiger partial charge is 0.495 e. The Morgan fingerprint density at radius 3 is 3.00 bits per heavy atom. The van der Waals surface area contributed by atoms with Crippen molar-refractivity contribution in [1.82, 2.24) is 0 Å². The summed E-state index contributed by atoms with van der Waals surface area (Å²) in [6.45, 7) is 1.02. The number of hydrogen-bond donors (Lipinski definition) is 0. The van der Waals surface area contributed by atoms with Crippen LogP contribution in [-0.4, -0.2) is 19.7 Å². The molecule has 90 valence electrons. The number of rotatable bonds is 3. The maximum absolute atomic E-state index is 8.90. The van der Waals surface area contributed by atoms with E-state index in [1.54, 1.807) is 7.11 Å². The summed E-state index contributed by atoms with van der Waals surface area (Å²) in [4.78, 5) is 2.32. The van der Waals surface area contributed by atoms with Crippen LogP contribution in [0.5, 0.6) is 5.75 Å². The minimum Gasteiger partial charge on any atom is -0.495 e. The summed E-state index contributed by atoms with van der Waals surface area (Å²) in [6.07, 6.45) is 4.11. The standard InChI is InChI=1S/C14H18N2O/c1-17-14-8-3-2-7-13(14)16-11-5-4-6-12(16)9-10-15/h2-3,7-8,12H,4-6,9,11H2,1H3. The fourth-order valence-electron chi connectivity index (χ4n) is 2.50.